The van der Waals surface area contributed by atoms with E-state index in [9.17, 15) is 14.4 Å². The average Bonchev–Trinajstić information content (AvgIpc) is 3.12. The van der Waals surface area contributed by atoms with Crippen LogP contribution in [0.3, 0.4) is 0 Å². The van der Waals surface area contributed by atoms with Crippen molar-refractivity contribution in [1.82, 2.24) is 20.2 Å². The molecule has 1 aromatic carbocycles. The molecule has 1 fully saturated rings. The highest BCUT2D eigenvalue weighted by molar-refractivity contribution is 6.13. The number of hydrogen-bond donors (Lipinski definition) is 2. The molecule has 2 aromatic rings. The number of carbonyl (C=O) groups is 3. The van der Waals surface area contributed by atoms with Crippen LogP contribution in [-0.2, 0) is 32.1 Å². The van der Waals surface area contributed by atoms with Gasteiger partial charge in [-0.15, -0.1) is 24.8 Å². The quantitative estimate of drug-likeness (QED) is 0.467. The number of hydrazone groups is 1. The summed E-state index contributed by atoms with van der Waals surface area (Å²) in [5.41, 5.74) is 6.26. The highest BCUT2D eigenvalue weighted by Gasteiger charge is 2.54. The standard InChI is InChI=1S/C27H34N6O4.2ClH/c1-26(2,28)24(35)30-21(17-37-16-19-9-5-4-6-10-19)23(34)33-14-12-22-27(18-33,25(36)32(3)31-22)15-20-11-7-8-13-29-20;;/h4-11,13,21H,12,14-18,28H2,1-3H3,(H,30,35);2*1H/t21?,27-;;/m0../s1. The summed E-state index contributed by atoms with van der Waals surface area (Å²) < 4.78 is 5.84. The third kappa shape index (κ3) is 7.33. The van der Waals surface area contributed by atoms with Crippen LogP contribution in [-0.4, -0.2) is 76.7 Å². The fourth-order valence-electron chi connectivity index (χ4n) is 4.69. The Balaban J connectivity index is 0.00000267. The molecule has 3 heterocycles. The van der Waals surface area contributed by atoms with E-state index in [-0.39, 0.29) is 56.4 Å². The number of aromatic nitrogens is 1. The van der Waals surface area contributed by atoms with Gasteiger partial charge >= 0.3 is 0 Å². The van der Waals surface area contributed by atoms with Crippen LogP contribution >= 0.6 is 24.8 Å². The number of fused-ring (bicyclic) bond motifs is 1. The van der Waals surface area contributed by atoms with Crippen LogP contribution in [0.15, 0.2) is 59.8 Å². The fraction of sp³-hybridized carbons (Fsp3) is 0.444. The summed E-state index contributed by atoms with van der Waals surface area (Å²) in [6.45, 7) is 3.92. The van der Waals surface area contributed by atoms with Crippen molar-refractivity contribution >= 4 is 48.2 Å². The summed E-state index contributed by atoms with van der Waals surface area (Å²) in [4.78, 5) is 45.9. The molecule has 3 amide bonds. The van der Waals surface area contributed by atoms with Gasteiger partial charge in [0.1, 0.15) is 11.5 Å². The van der Waals surface area contributed by atoms with Gasteiger partial charge in [0.2, 0.25) is 11.8 Å². The molecule has 1 aromatic heterocycles. The minimum absolute atomic E-state index is 0. The second-order valence-corrected chi connectivity index (χ2v) is 10.2. The predicted octanol–water partition coefficient (Wildman–Crippen LogP) is 1.95. The summed E-state index contributed by atoms with van der Waals surface area (Å²) >= 11 is 0. The Morgan fingerprint density at radius 2 is 1.85 bits per heavy atom. The molecule has 12 heteroatoms. The van der Waals surface area contributed by atoms with E-state index < -0.39 is 22.9 Å². The number of nitrogens with two attached hydrogens (primary N) is 1. The Morgan fingerprint density at radius 3 is 2.49 bits per heavy atom. The van der Waals surface area contributed by atoms with Crippen LogP contribution in [0.1, 0.15) is 31.5 Å². The number of hydrogen-bond acceptors (Lipinski definition) is 7. The molecule has 10 nitrogen and oxygen atoms in total. The van der Waals surface area contributed by atoms with Crippen molar-refractivity contribution in [2.24, 2.45) is 16.3 Å². The number of pyridine rings is 1. The second-order valence-electron chi connectivity index (χ2n) is 10.2. The molecule has 2 aliphatic rings. The Kier molecular flexibility index (Phi) is 11.0. The smallest absolute Gasteiger partial charge is 0.256 e. The number of ether oxygens (including phenoxy) is 1. The molecule has 1 saturated heterocycles. The Bertz CT molecular complexity index is 1180. The Hall–Kier alpha value is -3.05. The Morgan fingerprint density at radius 1 is 1.15 bits per heavy atom. The van der Waals surface area contributed by atoms with E-state index >= 15 is 0 Å². The molecule has 0 aliphatic carbocycles. The lowest BCUT2D eigenvalue weighted by molar-refractivity contribution is -0.143. The zero-order chi connectivity index (χ0) is 26.6. The van der Waals surface area contributed by atoms with Crippen molar-refractivity contribution in [1.29, 1.82) is 0 Å². The van der Waals surface area contributed by atoms with Crippen molar-refractivity contribution in [3.8, 4) is 0 Å². The second kappa shape index (κ2) is 13.3. The Labute approximate surface area is 241 Å². The van der Waals surface area contributed by atoms with Crippen LogP contribution in [0.5, 0.6) is 0 Å². The van der Waals surface area contributed by atoms with Gasteiger partial charge in [-0.25, -0.2) is 5.01 Å². The van der Waals surface area contributed by atoms with Gasteiger partial charge in [-0.1, -0.05) is 36.4 Å². The first-order valence-corrected chi connectivity index (χ1v) is 12.4. The molecule has 2 atom stereocenters. The summed E-state index contributed by atoms with van der Waals surface area (Å²) in [5, 5.41) is 8.60. The molecule has 0 radical (unpaired) electrons. The number of nitrogens with one attached hydrogen (secondary N) is 1. The minimum Gasteiger partial charge on any atom is -0.374 e. The number of amides is 3. The molecule has 0 saturated carbocycles. The SMILES string of the molecule is CN1N=C2CCN(C(=O)C(COCc3ccccc3)NC(=O)C(C)(C)N)C[C@]2(Cc2ccccn2)C1=O.Cl.Cl. The van der Waals surface area contributed by atoms with E-state index in [2.05, 4.69) is 15.4 Å². The monoisotopic (exact) mass is 578 g/mol. The maximum absolute atomic E-state index is 13.8. The maximum atomic E-state index is 13.8. The highest BCUT2D eigenvalue weighted by atomic mass is 35.5. The van der Waals surface area contributed by atoms with Crippen molar-refractivity contribution in [3.63, 3.8) is 0 Å². The number of carbonyl (C=O) groups excluding carboxylic acids is 3. The zero-order valence-corrected chi connectivity index (χ0v) is 24.0. The predicted molar refractivity (Wildman–Crippen MR) is 153 cm³/mol. The number of halogens is 2. The zero-order valence-electron chi connectivity index (χ0n) is 22.3. The lowest BCUT2D eigenvalue weighted by Crippen LogP contribution is -2.61. The minimum atomic E-state index is -1.18. The molecule has 2 aliphatic heterocycles. The molecule has 4 rings (SSSR count). The molecule has 1 unspecified atom stereocenters. The molecule has 212 valence electrons. The van der Waals surface area contributed by atoms with Gasteiger partial charge in [0.05, 0.1) is 24.5 Å². The third-order valence-corrected chi connectivity index (χ3v) is 6.71. The van der Waals surface area contributed by atoms with E-state index in [0.29, 0.717) is 19.4 Å². The molecular formula is C27H36Cl2N6O4. The van der Waals surface area contributed by atoms with Gasteiger partial charge in [0, 0.05) is 44.9 Å². The molecule has 39 heavy (non-hydrogen) atoms. The number of nitrogens with zero attached hydrogens (tertiary/aromatic N) is 4. The normalized spacial score (nSPS) is 19.3. The van der Waals surface area contributed by atoms with Crippen molar-refractivity contribution < 1.29 is 19.1 Å². The average molecular weight is 580 g/mol. The largest absolute Gasteiger partial charge is 0.374 e. The third-order valence-electron chi connectivity index (χ3n) is 6.71. The fourth-order valence-corrected chi connectivity index (χ4v) is 4.69. The van der Waals surface area contributed by atoms with Crippen molar-refractivity contribution in [2.45, 2.75) is 44.9 Å². The van der Waals surface area contributed by atoms with Crippen LogP contribution < -0.4 is 11.1 Å². The van der Waals surface area contributed by atoms with Crippen molar-refractivity contribution in [3.05, 3.63) is 66.0 Å². The molecule has 0 spiro atoms. The van der Waals surface area contributed by atoms with Crippen LogP contribution in [0, 0.1) is 5.41 Å². The highest BCUT2D eigenvalue weighted by Crippen LogP contribution is 2.38. The van der Waals surface area contributed by atoms with E-state index in [0.717, 1.165) is 17.0 Å². The van der Waals surface area contributed by atoms with E-state index in [1.807, 2.05) is 48.5 Å². The van der Waals surface area contributed by atoms with Crippen LogP contribution in [0.25, 0.3) is 0 Å². The summed E-state index contributed by atoms with van der Waals surface area (Å²) in [6, 6.07) is 14.2. The molecule has 3 N–H and O–H groups in total. The number of likely N-dealkylation sites (tertiary alicyclic amines) is 1. The summed E-state index contributed by atoms with van der Waals surface area (Å²) in [5.74, 6) is -0.963. The lowest BCUT2D eigenvalue weighted by Gasteiger charge is -2.40. The number of benzene rings is 1. The van der Waals surface area contributed by atoms with Gasteiger partial charge in [0.15, 0.2) is 0 Å². The maximum Gasteiger partial charge on any atom is 0.256 e. The number of piperidine rings is 1. The summed E-state index contributed by atoms with van der Waals surface area (Å²) in [6.07, 6.45) is 2.46. The van der Waals surface area contributed by atoms with Crippen molar-refractivity contribution in [2.75, 3.05) is 26.7 Å². The van der Waals surface area contributed by atoms with E-state index in [1.54, 1.807) is 32.0 Å². The topological polar surface area (TPSA) is 130 Å². The lowest BCUT2D eigenvalue weighted by atomic mass is 9.74. The molecular weight excluding hydrogens is 543 g/mol. The van der Waals surface area contributed by atoms with Gasteiger partial charge in [0.25, 0.3) is 5.91 Å². The first-order chi connectivity index (χ1) is 17.6. The first kappa shape index (κ1) is 32.2. The van der Waals surface area contributed by atoms with E-state index in [1.165, 1.54) is 5.01 Å². The van der Waals surface area contributed by atoms with E-state index in [4.69, 9.17) is 10.5 Å². The van der Waals surface area contributed by atoms with Gasteiger partial charge in [-0.05, 0) is 31.5 Å². The van der Waals surface area contributed by atoms with Gasteiger partial charge in [-0.3, -0.25) is 19.4 Å². The van der Waals surface area contributed by atoms with Crippen LogP contribution in [0.2, 0.25) is 0 Å². The van der Waals surface area contributed by atoms with Gasteiger partial charge in [-0.2, -0.15) is 5.10 Å². The first-order valence-electron chi connectivity index (χ1n) is 12.4. The summed E-state index contributed by atoms with van der Waals surface area (Å²) in [7, 11) is 1.63. The molecule has 0 bridgehead atoms. The van der Waals surface area contributed by atoms with Crippen LogP contribution in [0.4, 0.5) is 0 Å². The van der Waals surface area contributed by atoms with Gasteiger partial charge < -0.3 is 20.7 Å². The number of rotatable bonds is 9.